The van der Waals surface area contributed by atoms with Crippen molar-refractivity contribution in [1.29, 1.82) is 0 Å². The van der Waals surface area contributed by atoms with Crippen LogP contribution in [0.1, 0.15) is 18.4 Å². The molecule has 0 saturated carbocycles. The minimum absolute atomic E-state index is 0.124. The highest BCUT2D eigenvalue weighted by atomic mass is 32.2. The molecule has 0 aliphatic carbocycles. The minimum Gasteiger partial charge on any atom is -0.317 e. The van der Waals surface area contributed by atoms with Crippen LogP contribution in [0.3, 0.4) is 0 Å². The molecule has 2 rings (SSSR count). The van der Waals surface area contributed by atoms with E-state index in [1.165, 1.54) is 12.1 Å². The van der Waals surface area contributed by atoms with E-state index in [4.69, 9.17) is 0 Å². The molecular weight excluding hydrogens is 240 g/mol. The maximum Gasteiger partial charge on any atom is 0.139 e. The van der Waals surface area contributed by atoms with Gasteiger partial charge in [-0.15, -0.1) is 11.8 Å². The van der Waals surface area contributed by atoms with Gasteiger partial charge in [-0.05, 0) is 62.2 Å². The molecule has 1 aliphatic rings. The number of rotatable bonds is 3. The van der Waals surface area contributed by atoms with Gasteiger partial charge in [0, 0.05) is 0 Å². The van der Waals surface area contributed by atoms with Gasteiger partial charge >= 0.3 is 0 Å². The van der Waals surface area contributed by atoms with Gasteiger partial charge in [-0.2, -0.15) is 0 Å². The molecule has 1 fully saturated rings. The highest BCUT2D eigenvalue weighted by Crippen LogP contribution is 2.26. The number of halogens is 2. The van der Waals surface area contributed by atoms with Gasteiger partial charge in [-0.3, -0.25) is 0 Å². The molecule has 1 saturated heterocycles. The standard InChI is InChI=1S/C13H17F2NS/c1-17-13-11(14)7-10(8-12(13)15)6-9-2-4-16-5-3-9/h7-9,16H,2-6H2,1H3. The summed E-state index contributed by atoms with van der Waals surface area (Å²) in [6, 6.07) is 2.97. The first-order valence-corrected chi connectivity index (χ1v) is 7.16. The zero-order valence-corrected chi connectivity index (χ0v) is 10.7. The Morgan fingerprint density at radius 2 is 1.82 bits per heavy atom. The molecule has 1 heterocycles. The summed E-state index contributed by atoms with van der Waals surface area (Å²) in [5, 5.41) is 3.29. The summed E-state index contributed by atoms with van der Waals surface area (Å²) in [6.45, 7) is 2.02. The zero-order chi connectivity index (χ0) is 12.3. The maximum atomic E-state index is 13.6. The first-order chi connectivity index (χ1) is 8.20. The molecule has 1 aromatic carbocycles. The van der Waals surface area contributed by atoms with Crippen LogP contribution < -0.4 is 5.32 Å². The summed E-state index contributed by atoms with van der Waals surface area (Å²) in [6.07, 6.45) is 4.65. The van der Waals surface area contributed by atoms with Crippen LogP contribution in [0.25, 0.3) is 0 Å². The Labute approximate surface area is 105 Å². The van der Waals surface area contributed by atoms with E-state index in [9.17, 15) is 8.78 Å². The van der Waals surface area contributed by atoms with Crippen LogP contribution in [-0.2, 0) is 6.42 Å². The van der Waals surface area contributed by atoms with Crippen LogP contribution in [0.2, 0.25) is 0 Å². The van der Waals surface area contributed by atoms with E-state index in [1.807, 2.05) is 0 Å². The molecule has 0 amide bonds. The highest BCUT2D eigenvalue weighted by molar-refractivity contribution is 7.98. The van der Waals surface area contributed by atoms with Crippen molar-refractivity contribution in [1.82, 2.24) is 5.32 Å². The Morgan fingerprint density at radius 3 is 2.35 bits per heavy atom. The second-order valence-electron chi connectivity index (χ2n) is 4.49. The summed E-state index contributed by atoms with van der Waals surface area (Å²) in [5.74, 6) is -0.307. The topological polar surface area (TPSA) is 12.0 Å². The van der Waals surface area contributed by atoms with Gasteiger partial charge in [0.2, 0.25) is 0 Å². The lowest BCUT2D eigenvalue weighted by Gasteiger charge is -2.22. The molecule has 0 radical (unpaired) electrons. The van der Waals surface area contributed by atoms with Gasteiger partial charge in [0.1, 0.15) is 11.6 Å². The van der Waals surface area contributed by atoms with Crippen molar-refractivity contribution in [3.63, 3.8) is 0 Å². The van der Waals surface area contributed by atoms with Gasteiger partial charge in [0.05, 0.1) is 4.90 Å². The number of nitrogens with one attached hydrogen (secondary N) is 1. The molecule has 0 spiro atoms. The van der Waals surface area contributed by atoms with Crippen LogP contribution in [0.15, 0.2) is 17.0 Å². The predicted octanol–water partition coefficient (Wildman–Crippen LogP) is 3.23. The Morgan fingerprint density at radius 1 is 1.24 bits per heavy atom. The summed E-state index contributed by atoms with van der Waals surface area (Å²) >= 11 is 1.12. The fraction of sp³-hybridized carbons (Fsp3) is 0.538. The van der Waals surface area contributed by atoms with E-state index in [1.54, 1.807) is 6.26 Å². The van der Waals surface area contributed by atoms with Gasteiger partial charge in [0.25, 0.3) is 0 Å². The molecule has 17 heavy (non-hydrogen) atoms. The average Bonchev–Trinajstić information content (AvgIpc) is 2.30. The zero-order valence-electron chi connectivity index (χ0n) is 9.93. The predicted molar refractivity (Wildman–Crippen MR) is 67.4 cm³/mol. The van der Waals surface area contributed by atoms with E-state index in [-0.39, 0.29) is 4.90 Å². The van der Waals surface area contributed by atoms with Crippen molar-refractivity contribution in [2.45, 2.75) is 24.2 Å². The number of hydrogen-bond donors (Lipinski definition) is 1. The summed E-state index contributed by atoms with van der Waals surface area (Å²) in [5.41, 5.74) is 0.782. The maximum absolute atomic E-state index is 13.6. The number of piperidine rings is 1. The van der Waals surface area contributed by atoms with Crippen molar-refractivity contribution in [2.75, 3.05) is 19.3 Å². The molecule has 1 N–H and O–H groups in total. The van der Waals surface area contributed by atoms with Crippen LogP contribution >= 0.6 is 11.8 Å². The Bertz CT molecular complexity index is 366. The third-order valence-electron chi connectivity index (χ3n) is 3.25. The SMILES string of the molecule is CSc1c(F)cc(CC2CCNCC2)cc1F. The highest BCUT2D eigenvalue weighted by Gasteiger charge is 2.16. The Kier molecular flexibility index (Phi) is 4.40. The van der Waals surface area contributed by atoms with Crippen LogP contribution in [0.4, 0.5) is 8.78 Å². The van der Waals surface area contributed by atoms with Gasteiger partial charge in [-0.1, -0.05) is 0 Å². The fourth-order valence-electron chi connectivity index (χ4n) is 2.34. The quantitative estimate of drug-likeness (QED) is 0.834. The van der Waals surface area contributed by atoms with Crippen molar-refractivity contribution in [3.8, 4) is 0 Å². The van der Waals surface area contributed by atoms with Crippen molar-refractivity contribution in [2.24, 2.45) is 5.92 Å². The lowest BCUT2D eigenvalue weighted by atomic mass is 9.91. The van der Waals surface area contributed by atoms with Gasteiger partial charge in [-0.25, -0.2) is 8.78 Å². The number of hydrogen-bond acceptors (Lipinski definition) is 2. The normalized spacial score (nSPS) is 17.4. The molecule has 1 nitrogen and oxygen atoms in total. The minimum atomic E-state index is -0.429. The molecule has 0 atom stereocenters. The summed E-state index contributed by atoms with van der Waals surface area (Å²) < 4.78 is 27.2. The smallest absolute Gasteiger partial charge is 0.139 e. The molecule has 94 valence electrons. The first kappa shape index (κ1) is 12.8. The molecule has 1 aromatic rings. The molecular formula is C13H17F2NS. The first-order valence-electron chi connectivity index (χ1n) is 5.93. The number of thioether (sulfide) groups is 1. The second-order valence-corrected chi connectivity index (χ2v) is 5.31. The van der Waals surface area contributed by atoms with E-state index < -0.39 is 11.6 Å². The van der Waals surface area contributed by atoms with Gasteiger partial charge in [0.15, 0.2) is 0 Å². The van der Waals surface area contributed by atoms with Crippen molar-refractivity contribution < 1.29 is 8.78 Å². The summed E-state index contributed by atoms with van der Waals surface area (Å²) in [4.78, 5) is 0.124. The lowest BCUT2D eigenvalue weighted by molar-refractivity contribution is 0.371. The van der Waals surface area contributed by atoms with E-state index in [0.29, 0.717) is 5.92 Å². The third kappa shape index (κ3) is 3.19. The van der Waals surface area contributed by atoms with Crippen LogP contribution in [0, 0.1) is 17.6 Å². The molecule has 0 bridgehead atoms. The summed E-state index contributed by atoms with van der Waals surface area (Å²) in [7, 11) is 0. The Hall–Kier alpha value is -0.610. The van der Waals surface area contributed by atoms with E-state index >= 15 is 0 Å². The van der Waals surface area contributed by atoms with E-state index in [0.717, 1.165) is 49.7 Å². The van der Waals surface area contributed by atoms with Crippen molar-refractivity contribution >= 4 is 11.8 Å². The molecule has 0 aromatic heterocycles. The van der Waals surface area contributed by atoms with Crippen molar-refractivity contribution in [3.05, 3.63) is 29.3 Å². The number of benzene rings is 1. The Balaban J connectivity index is 2.10. The fourth-order valence-corrected chi connectivity index (χ4v) is 2.85. The lowest BCUT2D eigenvalue weighted by Crippen LogP contribution is -2.28. The largest absolute Gasteiger partial charge is 0.317 e. The molecule has 0 unspecified atom stereocenters. The van der Waals surface area contributed by atoms with Gasteiger partial charge < -0.3 is 5.32 Å². The van der Waals surface area contributed by atoms with Crippen LogP contribution in [-0.4, -0.2) is 19.3 Å². The monoisotopic (exact) mass is 257 g/mol. The van der Waals surface area contributed by atoms with Crippen LogP contribution in [0.5, 0.6) is 0 Å². The molecule has 4 heteroatoms. The van der Waals surface area contributed by atoms with E-state index in [2.05, 4.69) is 5.32 Å². The third-order valence-corrected chi connectivity index (χ3v) is 4.04. The average molecular weight is 257 g/mol. The molecule has 1 aliphatic heterocycles. The second kappa shape index (κ2) is 5.83.